The molecule has 0 spiro atoms. The first-order valence-corrected chi connectivity index (χ1v) is 11.9. The maximum Gasteiger partial charge on any atom is 0.511 e. The van der Waals surface area contributed by atoms with Crippen LogP contribution in [-0.2, 0) is 14.8 Å². The number of hydrogen-bond acceptors (Lipinski definition) is 5. The first kappa shape index (κ1) is 22.6. The Balaban J connectivity index is 1.49. The smallest absolute Gasteiger partial charge is 0.317 e. The van der Waals surface area contributed by atoms with Gasteiger partial charge in [0.1, 0.15) is 16.3 Å². The highest BCUT2D eigenvalue weighted by Gasteiger charge is 2.67. The third-order valence-corrected chi connectivity index (χ3v) is 8.30. The second-order valence-corrected chi connectivity index (χ2v) is 11.6. The van der Waals surface area contributed by atoms with E-state index in [1.165, 1.54) is 16.2 Å². The van der Waals surface area contributed by atoms with Gasteiger partial charge in [0.2, 0.25) is 5.91 Å². The first-order valence-electron chi connectivity index (χ1n) is 9.52. The van der Waals surface area contributed by atoms with Crippen LogP contribution in [0.25, 0.3) is 0 Å². The average molecular weight is 486 g/mol. The highest BCUT2D eigenvalue weighted by atomic mass is 32.2. The van der Waals surface area contributed by atoms with Crippen LogP contribution >= 0.6 is 11.3 Å². The lowest BCUT2D eigenvalue weighted by Crippen LogP contribution is -2.63. The molecule has 4 saturated carbocycles. The monoisotopic (exact) mass is 486 g/mol. The van der Waals surface area contributed by atoms with Crippen LogP contribution in [-0.4, -0.2) is 43.5 Å². The van der Waals surface area contributed by atoms with Crippen LogP contribution in [0.2, 0.25) is 0 Å². The Morgan fingerprint density at radius 3 is 2.26 bits per heavy atom. The van der Waals surface area contributed by atoms with Gasteiger partial charge in [0.25, 0.3) is 0 Å². The quantitative estimate of drug-likeness (QED) is 0.474. The third-order valence-electron chi connectivity index (χ3n) is 6.33. The van der Waals surface area contributed by atoms with Crippen molar-refractivity contribution in [3.8, 4) is 0 Å². The fourth-order valence-corrected chi connectivity index (χ4v) is 6.94. The number of carbonyl (C=O) groups excluding carboxylic acids is 2. The van der Waals surface area contributed by atoms with E-state index in [9.17, 15) is 31.2 Å². The standard InChI is InChI=1S/C18H19F5N2O4S2/c19-16-4-10-3-15(7-16,8-17(20,5-10)9-16)14(27)25-13-11(1-2-30-13)12(26)6-24-31(28,29)18(21,22)23/h1-2,10,24H,3-9H2,(H,25,27). The van der Waals surface area contributed by atoms with Gasteiger partial charge in [0.05, 0.1) is 17.5 Å². The Morgan fingerprint density at radius 1 is 1.10 bits per heavy atom. The number of halogens is 5. The Hall–Kier alpha value is -1.60. The van der Waals surface area contributed by atoms with Gasteiger partial charge in [0.15, 0.2) is 5.78 Å². The van der Waals surface area contributed by atoms with E-state index in [4.69, 9.17) is 0 Å². The van der Waals surface area contributed by atoms with E-state index in [1.807, 2.05) is 0 Å². The van der Waals surface area contributed by atoms with E-state index < -0.39 is 50.5 Å². The minimum atomic E-state index is -5.70. The molecule has 1 heterocycles. The summed E-state index contributed by atoms with van der Waals surface area (Å²) in [5.74, 6) is -1.87. The fraction of sp³-hybridized carbons (Fsp3) is 0.667. The number of carbonyl (C=O) groups is 2. The molecule has 172 valence electrons. The zero-order valence-corrected chi connectivity index (χ0v) is 17.7. The van der Waals surface area contributed by atoms with Crippen molar-refractivity contribution in [3.05, 3.63) is 17.0 Å². The van der Waals surface area contributed by atoms with E-state index >= 15 is 8.78 Å². The number of amides is 1. The van der Waals surface area contributed by atoms with Gasteiger partial charge in [-0.15, -0.1) is 11.3 Å². The second kappa shape index (κ2) is 6.95. The molecule has 4 bridgehead atoms. The van der Waals surface area contributed by atoms with E-state index in [2.05, 4.69) is 5.32 Å². The molecule has 1 aromatic rings. The predicted molar refractivity (Wildman–Crippen MR) is 102 cm³/mol. The van der Waals surface area contributed by atoms with Gasteiger partial charge < -0.3 is 5.32 Å². The van der Waals surface area contributed by atoms with Crippen LogP contribution in [0.5, 0.6) is 0 Å². The minimum Gasteiger partial charge on any atom is -0.317 e. The molecule has 0 radical (unpaired) electrons. The summed E-state index contributed by atoms with van der Waals surface area (Å²) in [5.41, 5.74) is -10.5. The highest BCUT2D eigenvalue weighted by molar-refractivity contribution is 7.90. The topological polar surface area (TPSA) is 92.3 Å². The summed E-state index contributed by atoms with van der Waals surface area (Å²) in [6.07, 6.45) is 0.303. The SMILES string of the molecule is O=C(CNS(=O)(=O)C(F)(F)F)c1ccsc1NC(=O)C12CC3CC(F)(CC(F)(C3)C1)C2. The summed E-state index contributed by atoms with van der Waals surface area (Å²) in [6, 6.07) is 1.23. The van der Waals surface area contributed by atoms with Crippen molar-refractivity contribution in [2.24, 2.45) is 11.3 Å². The van der Waals surface area contributed by atoms with Crippen molar-refractivity contribution >= 4 is 38.1 Å². The maximum atomic E-state index is 15.1. The molecule has 4 fully saturated rings. The first-order chi connectivity index (χ1) is 14.2. The number of Topliss-reactive ketones (excluding diaryl/α,β-unsaturated/α-hetero) is 1. The van der Waals surface area contributed by atoms with Crippen LogP contribution in [0.15, 0.2) is 11.4 Å². The molecule has 2 atom stereocenters. The summed E-state index contributed by atoms with van der Waals surface area (Å²) in [5, 5.41) is 3.91. The largest absolute Gasteiger partial charge is 0.511 e. The van der Waals surface area contributed by atoms with Crippen molar-refractivity contribution < 1.29 is 40.0 Å². The molecule has 31 heavy (non-hydrogen) atoms. The van der Waals surface area contributed by atoms with Crippen molar-refractivity contribution in [2.75, 3.05) is 11.9 Å². The van der Waals surface area contributed by atoms with Crippen molar-refractivity contribution in [3.63, 3.8) is 0 Å². The van der Waals surface area contributed by atoms with Gasteiger partial charge in [-0.3, -0.25) is 9.59 Å². The summed E-state index contributed by atoms with van der Waals surface area (Å²) in [7, 11) is -5.70. The summed E-state index contributed by atoms with van der Waals surface area (Å²) >= 11 is 0.908. The second-order valence-electron chi connectivity index (χ2n) is 8.90. The molecule has 0 saturated heterocycles. The minimum absolute atomic E-state index is 0.00207. The molecule has 2 N–H and O–H groups in total. The molecule has 4 aliphatic carbocycles. The maximum absolute atomic E-state index is 15.1. The number of hydrogen-bond donors (Lipinski definition) is 2. The molecule has 4 aliphatic rings. The van der Waals surface area contributed by atoms with Crippen molar-refractivity contribution in [1.82, 2.24) is 4.72 Å². The van der Waals surface area contributed by atoms with E-state index in [0.717, 1.165) is 11.3 Å². The molecule has 0 aromatic carbocycles. The Kier molecular flexibility index (Phi) is 5.06. The van der Waals surface area contributed by atoms with Crippen LogP contribution in [0.4, 0.5) is 27.0 Å². The highest BCUT2D eigenvalue weighted by Crippen LogP contribution is 2.65. The van der Waals surface area contributed by atoms with Crippen molar-refractivity contribution in [2.45, 2.75) is 55.4 Å². The summed E-state index contributed by atoms with van der Waals surface area (Å²) in [4.78, 5) is 25.3. The lowest BCUT2D eigenvalue weighted by atomic mass is 9.47. The van der Waals surface area contributed by atoms with Gasteiger partial charge in [0, 0.05) is 6.42 Å². The van der Waals surface area contributed by atoms with E-state index in [0.29, 0.717) is 6.42 Å². The summed E-state index contributed by atoms with van der Waals surface area (Å²) < 4.78 is 90.8. The normalized spacial score (nSPS) is 34.7. The Bertz CT molecular complexity index is 1020. The molecule has 1 amide bonds. The molecule has 0 aliphatic heterocycles. The molecular weight excluding hydrogens is 467 g/mol. The van der Waals surface area contributed by atoms with Gasteiger partial charge in [-0.2, -0.15) is 17.9 Å². The Labute approximate surface area is 178 Å². The van der Waals surface area contributed by atoms with Crippen LogP contribution in [0, 0.1) is 11.3 Å². The summed E-state index contributed by atoms with van der Waals surface area (Å²) in [6.45, 7) is -1.16. The lowest BCUT2D eigenvalue weighted by molar-refractivity contribution is -0.182. The molecule has 5 rings (SSSR count). The van der Waals surface area contributed by atoms with Crippen LogP contribution in [0.3, 0.4) is 0 Å². The molecular formula is C18H19F5N2O4S2. The van der Waals surface area contributed by atoms with Gasteiger partial charge >= 0.3 is 15.5 Å². The third kappa shape index (κ3) is 3.99. The van der Waals surface area contributed by atoms with E-state index in [1.54, 1.807) is 0 Å². The zero-order chi connectivity index (χ0) is 22.9. The molecule has 2 unspecified atom stereocenters. The molecule has 13 heteroatoms. The van der Waals surface area contributed by atoms with Crippen LogP contribution in [0.1, 0.15) is 48.9 Å². The molecule has 1 aromatic heterocycles. The van der Waals surface area contributed by atoms with Gasteiger partial charge in [-0.1, -0.05) is 0 Å². The number of ketones is 1. The number of alkyl halides is 5. The molecule has 6 nitrogen and oxygen atoms in total. The van der Waals surface area contributed by atoms with Crippen LogP contribution < -0.4 is 10.0 Å². The van der Waals surface area contributed by atoms with Gasteiger partial charge in [-0.25, -0.2) is 17.2 Å². The fourth-order valence-electron chi connectivity index (χ4n) is 5.66. The number of thiophene rings is 1. The number of nitrogens with one attached hydrogen (secondary N) is 2. The zero-order valence-electron chi connectivity index (χ0n) is 16.0. The average Bonchev–Trinajstić information content (AvgIpc) is 3.03. The van der Waals surface area contributed by atoms with Gasteiger partial charge in [-0.05, 0) is 49.5 Å². The van der Waals surface area contributed by atoms with Crippen molar-refractivity contribution in [1.29, 1.82) is 0 Å². The number of sulfonamides is 1. The van der Waals surface area contributed by atoms with E-state index in [-0.39, 0.29) is 48.6 Å². The lowest BCUT2D eigenvalue weighted by Gasteiger charge is -2.60. The Morgan fingerprint density at radius 2 is 1.71 bits per heavy atom. The predicted octanol–water partition coefficient (Wildman–Crippen LogP) is 3.71. The number of rotatable bonds is 6. The number of anilines is 1.